The zero-order valence-corrected chi connectivity index (χ0v) is 9.04. The minimum atomic E-state index is 0.0841. The standard InChI is InChI=1S/C10H18N4/c1-4-10(3,5-2)14-8-6-7-12-9(11)13-8/h6-7H,4-5H2,1-3H3,(H3,11,12,13,14). The SMILES string of the molecule is CCC(C)(CC)Nc1ccnc(N)n1. The van der Waals surface area contributed by atoms with E-state index in [-0.39, 0.29) is 5.54 Å². The highest BCUT2D eigenvalue weighted by Crippen LogP contribution is 2.19. The summed E-state index contributed by atoms with van der Waals surface area (Å²) in [4.78, 5) is 7.96. The van der Waals surface area contributed by atoms with Crippen LogP contribution in [0, 0.1) is 0 Å². The highest BCUT2D eigenvalue weighted by atomic mass is 15.1. The van der Waals surface area contributed by atoms with Crippen LogP contribution >= 0.6 is 0 Å². The van der Waals surface area contributed by atoms with E-state index >= 15 is 0 Å². The smallest absolute Gasteiger partial charge is 0.221 e. The van der Waals surface area contributed by atoms with Crippen molar-refractivity contribution in [1.29, 1.82) is 0 Å². The number of aromatic nitrogens is 2. The Hall–Kier alpha value is -1.32. The molecule has 0 spiro atoms. The zero-order chi connectivity index (χ0) is 10.6. The molecule has 0 aromatic carbocycles. The van der Waals surface area contributed by atoms with Crippen molar-refractivity contribution in [1.82, 2.24) is 9.97 Å². The minimum absolute atomic E-state index is 0.0841. The van der Waals surface area contributed by atoms with Gasteiger partial charge in [0.1, 0.15) is 5.82 Å². The Morgan fingerprint density at radius 2 is 2.07 bits per heavy atom. The number of nitrogens with one attached hydrogen (secondary N) is 1. The van der Waals surface area contributed by atoms with Gasteiger partial charge in [-0.05, 0) is 25.8 Å². The Labute approximate surface area is 85.0 Å². The number of nitrogens with two attached hydrogens (primary N) is 1. The third-order valence-corrected chi connectivity index (χ3v) is 2.66. The van der Waals surface area contributed by atoms with Crippen molar-refractivity contribution in [3.8, 4) is 0 Å². The molecular weight excluding hydrogens is 176 g/mol. The van der Waals surface area contributed by atoms with E-state index in [1.165, 1.54) is 0 Å². The van der Waals surface area contributed by atoms with Crippen LogP contribution in [0.4, 0.5) is 11.8 Å². The predicted molar refractivity (Wildman–Crippen MR) is 59.1 cm³/mol. The molecule has 0 unspecified atom stereocenters. The lowest BCUT2D eigenvalue weighted by Gasteiger charge is -2.28. The number of rotatable bonds is 4. The van der Waals surface area contributed by atoms with Gasteiger partial charge in [-0.25, -0.2) is 4.98 Å². The summed E-state index contributed by atoms with van der Waals surface area (Å²) < 4.78 is 0. The van der Waals surface area contributed by atoms with Gasteiger partial charge in [0, 0.05) is 11.7 Å². The Kier molecular flexibility index (Phi) is 3.28. The highest BCUT2D eigenvalue weighted by molar-refractivity contribution is 5.39. The molecule has 1 aromatic rings. The number of hydrogen-bond donors (Lipinski definition) is 2. The molecule has 0 aliphatic rings. The van der Waals surface area contributed by atoms with Gasteiger partial charge in [0.15, 0.2) is 0 Å². The van der Waals surface area contributed by atoms with Gasteiger partial charge >= 0.3 is 0 Å². The first kappa shape index (κ1) is 10.8. The lowest BCUT2D eigenvalue weighted by atomic mass is 9.96. The normalized spacial score (nSPS) is 11.4. The molecule has 1 aromatic heterocycles. The lowest BCUT2D eigenvalue weighted by molar-refractivity contribution is 0.477. The molecule has 4 heteroatoms. The fourth-order valence-electron chi connectivity index (χ4n) is 1.18. The maximum absolute atomic E-state index is 5.50. The maximum Gasteiger partial charge on any atom is 0.221 e. The van der Waals surface area contributed by atoms with Crippen molar-refractivity contribution < 1.29 is 0 Å². The summed E-state index contributed by atoms with van der Waals surface area (Å²) in [7, 11) is 0. The van der Waals surface area contributed by atoms with E-state index in [1.807, 2.05) is 6.07 Å². The van der Waals surface area contributed by atoms with Crippen LogP contribution in [0.15, 0.2) is 12.3 Å². The van der Waals surface area contributed by atoms with E-state index in [1.54, 1.807) is 6.20 Å². The monoisotopic (exact) mass is 194 g/mol. The van der Waals surface area contributed by atoms with Crippen LogP contribution < -0.4 is 11.1 Å². The number of nitrogen functional groups attached to an aromatic ring is 1. The van der Waals surface area contributed by atoms with Crippen LogP contribution in [0.3, 0.4) is 0 Å². The second-order valence-corrected chi connectivity index (χ2v) is 3.69. The topological polar surface area (TPSA) is 63.8 Å². The van der Waals surface area contributed by atoms with Gasteiger partial charge in [-0.2, -0.15) is 4.98 Å². The van der Waals surface area contributed by atoms with Crippen LogP contribution in [-0.2, 0) is 0 Å². The average molecular weight is 194 g/mol. The first-order chi connectivity index (χ1) is 6.59. The zero-order valence-electron chi connectivity index (χ0n) is 9.04. The Bertz CT molecular complexity index is 294. The predicted octanol–water partition coefficient (Wildman–Crippen LogP) is 2.05. The van der Waals surface area contributed by atoms with Gasteiger partial charge in [0.2, 0.25) is 5.95 Å². The third kappa shape index (κ3) is 2.58. The third-order valence-electron chi connectivity index (χ3n) is 2.66. The van der Waals surface area contributed by atoms with E-state index in [9.17, 15) is 0 Å². The van der Waals surface area contributed by atoms with Crippen LogP contribution in [0.2, 0.25) is 0 Å². The summed E-state index contributed by atoms with van der Waals surface area (Å²) in [5.41, 5.74) is 5.58. The molecule has 1 rings (SSSR count). The fraction of sp³-hybridized carbons (Fsp3) is 0.600. The van der Waals surface area contributed by atoms with Crippen LogP contribution in [0.25, 0.3) is 0 Å². The number of anilines is 2. The van der Waals surface area contributed by atoms with E-state index in [0.717, 1.165) is 18.7 Å². The van der Waals surface area contributed by atoms with Gasteiger partial charge < -0.3 is 11.1 Å². The Morgan fingerprint density at radius 1 is 1.43 bits per heavy atom. The molecule has 0 atom stereocenters. The first-order valence-corrected chi connectivity index (χ1v) is 4.96. The van der Waals surface area contributed by atoms with Crippen LogP contribution in [0.1, 0.15) is 33.6 Å². The molecule has 1 heterocycles. The second kappa shape index (κ2) is 4.26. The summed E-state index contributed by atoms with van der Waals surface area (Å²) >= 11 is 0. The molecule has 0 fully saturated rings. The Balaban J connectivity index is 2.77. The highest BCUT2D eigenvalue weighted by Gasteiger charge is 2.19. The van der Waals surface area contributed by atoms with Crippen LogP contribution in [0.5, 0.6) is 0 Å². The van der Waals surface area contributed by atoms with Crippen molar-refractivity contribution >= 4 is 11.8 Å². The number of hydrogen-bond acceptors (Lipinski definition) is 4. The molecule has 0 aliphatic carbocycles. The average Bonchev–Trinajstić information content (AvgIpc) is 2.18. The van der Waals surface area contributed by atoms with Crippen molar-refractivity contribution in [2.45, 2.75) is 39.2 Å². The molecule has 3 N–H and O–H groups in total. The molecule has 0 bridgehead atoms. The van der Waals surface area contributed by atoms with E-state index in [0.29, 0.717) is 5.95 Å². The van der Waals surface area contributed by atoms with E-state index in [4.69, 9.17) is 5.73 Å². The van der Waals surface area contributed by atoms with Crippen molar-refractivity contribution in [2.24, 2.45) is 0 Å². The van der Waals surface area contributed by atoms with Crippen molar-refractivity contribution in [3.63, 3.8) is 0 Å². The van der Waals surface area contributed by atoms with Crippen LogP contribution in [-0.4, -0.2) is 15.5 Å². The lowest BCUT2D eigenvalue weighted by Crippen LogP contribution is -2.33. The molecule has 78 valence electrons. The molecule has 0 saturated heterocycles. The molecule has 0 amide bonds. The molecule has 0 radical (unpaired) electrons. The molecule has 0 saturated carbocycles. The second-order valence-electron chi connectivity index (χ2n) is 3.69. The quantitative estimate of drug-likeness (QED) is 0.770. The largest absolute Gasteiger partial charge is 0.368 e. The van der Waals surface area contributed by atoms with Gasteiger partial charge in [-0.1, -0.05) is 13.8 Å². The minimum Gasteiger partial charge on any atom is -0.368 e. The first-order valence-electron chi connectivity index (χ1n) is 4.96. The fourth-order valence-corrected chi connectivity index (χ4v) is 1.18. The summed E-state index contributed by atoms with van der Waals surface area (Å²) in [6, 6.07) is 1.83. The summed E-state index contributed by atoms with van der Waals surface area (Å²) in [5.74, 6) is 1.10. The van der Waals surface area contributed by atoms with Gasteiger partial charge in [0.25, 0.3) is 0 Å². The van der Waals surface area contributed by atoms with E-state index in [2.05, 4.69) is 36.1 Å². The molecular formula is C10H18N4. The molecule has 14 heavy (non-hydrogen) atoms. The summed E-state index contributed by atoms with van der Waals surface area (Å²) in [5, 5.41) is 3.36. The Morgan fingerprint density at radius 3 is 2.57 bits per heavy atom. The summed E-state index contributed by atoms with van der Waals surface area (Å²) in [6.45, 7) is 6.48. The summed E-state index contributed by atoms with van der Waals surface area (Å²) in [6.07, 6.45) is 3.76. The van der Waals surface area contributed by atoms with Gasteiger partial charge in [0.05, 0.1) is 0 Å². The van der Waals surface area contributed by atoms with E-state index < -0.39 is 0 Å². The molecule has 0 aliphatic heterocycles. The van der Waals surface area contributed by atoms with Gasteiger partial charge in [-0.3, -0.25) is 0 Å². The van der Waals surface area contributed by atoms with Crippen molar-refractivity contribution in [3.05, 3.63) is 12.3 Å². The number of nitrogens with zero attached hydrogens (tertiary/aromatic N) is 2. The van der Waals surface area contributed by atoms with Gasteiger partial charge in [-0.15, -0.1) is 0 Å². The van der Waals surface area contributed by atoms with Crippen molar-refractivity contribution in [2.75, 3.05) is 11.1 Å². The molecule has 4 nitrogen and oxygen atoms in total. The maximum atomic E-state index is 5.50.